The molecule has 110 valence electrons. The zero-order valence-corrected chi connectivity index (χ0v) is 10.6. The highest BCUT2D eigenvalue weighted by Gasteiger charge is 2.27. The maximum atomic E-state index is 13.8. The van der Waals surface area contributed by atoms with E-state index < -0.39 is 18.2 Å². The Morgan fingerprint density at radius 1 is 1.38 bits per heavy atom. The Bertz CT molecular complexity index is 627. The molecule has 1 aromatic heterocycles. The number of alkyl halides is 3. The number of halogens is 3. The summed E-state index contributed by atoms with van der Waals surface area (Å²) in [5, 5.41) is 3.51. The van der Waals surface area contributed by atoms with Gasteiger partial charge in [-0.2, -0.15) is 13.9 Å². The molecule has 5 nitrogen and oxygen atoms in total. The van der Waals surface area contributed by atoms with Crippen LogP contribution >= 0.6 is 0 Å². The normalized spacial score (nSPS) is 12.7. The lowest BCUT2D eigenvalue weighted by atomic mass is 10.1. The lowest BCUT2D eigenvalue weighted by molar-refractivity contribution is -0.131. The molecule has 0 saturated carbocycles. The van der Waals surface area contributed by atoms with Gasteiger partial charge in [0.15, 0.2) is 0 Å². The van der Waals surface area contributed by atoms with Crippen LogP contribution in [0.3, 0.4) is 0 Å². The molecule has 1 heterocycles. The van der Waals surface area contributed by atoms with Gasteiger partial charge in [-0.1, -0.05) is 6.58 Å². The molecule has 8 heteroatoms. The number of nitrogens with zero attached hydrogens (tertiary/aromatic N) is 3. The van der Waals surface area contributed by atoms with Gasteiger partial charge >= 0.3 is 6.11 Å². The third kappa shape index (κ3) is 3.47. The third-order valence-electron chi connectivity index (χ3n) is 2.52. The number of ether oxygens (including phenoxy) is 1. The van der Waals surface area contributed by atoms with Crippen LogP contribution in [-0.2, 0) is 0 Å². The molecule has 0 N–H and O–H groups in total. The highest BCUT2D eigenvalue weighted by molar-refractivity contribution is 5.98. The summed E-state index contributed by atoms with van der Waals surface area (Å²) in [4.78, 5) is 15.4. The largest absolute Gasteiger partial charge is 0.429 e. The van der Waals surface area contributed by atoms with Crippen molar-refractivity contribution in [3.05, 3.63) is 55.1 Å². The first-order valence-corrected chi connectivity index (χ1v) is 5.76. The summed E-state index contributed by atoms with van der Waals surface area (Å²) in [5.74, 6) is -1.05. The van der Waals surface area contributed by atoms with E-state index in [4.69, 9.17) is 0 Å². The number of benzene rings is 1. The molecule has 0 amide bonds. The van der Waals surface area contributed by atoms with Crippen molar-refractivity contribution >= 4 is 5.78 Å². The first kappa shape index (κ1) is 14.8. The SMILES string of the molecule is C=CC(F)(F)Oc1ccc(C(=O)C(F)n2cncn2)cc1. The van der Waals surface area contributed by atoms with Crippen LogP contribution in [0, 0.1) is 0 Å². The molecule has 1 unspecified atom stereocenters. The molecule has 0 aliphatic rings. The molecule has 1 aromatic carbocycles. The molecular weight excluding hydrogens is 287 g/mol. The molecule has 0 aliphatic heterocycles. The van der Waals surface area contributed by atoms with E-state index in [2.05, 4.69) is 21.4 Å². The van der Waals surface area contributed by atoms with Crippen molar-refractivity contribution in [2.75, 3.05) is 0 Å². The van der Waals surface area contributed by atoms with E-state index in [1.807, 2.05) is 0 Å². The molecule has 0 fully saturated rings. The van der Waals surface area contributed by atoms with Gasteiger partial charge in [0.05, 0.1) is 0 Å². The summed E-state index contributed by atoms with van der Waals surface area (Å²) < 4.78 is 44.8. The number of carbonyl (C=O) groups excluding carboxylic acids is 1. The number of rotatable bonds is 6. The van der Waals surface area contributed by atoms with E-state index in [-0.39, 0.29) is 11.3 Å². The van der Waals surface area contributed by atoms with E-state index in [9.17, 15) is 18.0 Å². The van der Waals surface area contributed by atoms with Crippen molar-refractivity contribution in [1.82, 2.24) is 14.8 Å². The van der Waals surface area contributed by atoms with Crippen molar-refractivity contribution in [1.29, 1.82) is 0 Å². The Labute approximate surface area is 117 Å². The van der Waals surface area contributed by atoms with Gasteiger partial charge in [-0.05, 0) is 24.3 Å². The molecule has 2 rings (SSSR count). The van der Waals surface area contributed by atoms with Crippen LogP contribution < -0.4 is 4.74 Å². The van der Waals surface area contributed by atoms with Gasteiger partial charge in [-0.15, -0.1) is 0 Å². The van der Waals surface area contributed by atoms with Crippen LogP contribution in [0.5, 0.6) is 5.75 Å². The van der Waals surface area contributed by atoms with Crippen LogP contribution in [0.4, 0.5) is 13.2 Å². The standard InChI is InChI=1S/C13H10F3N3O2/c1-2-13(15,16)21-10-5-3-9(4-6-10)11(20)12(14)19-8-17-7-18-19/h2-8,12H,1H2. The second-order valence-corrected chi connectivity index (χ2v) is 3.97. The van der Waals surface area contributed by atoms with Crippen LogP contribution in [0.2, 0.25) is 0 Å². The molecule has 0 bridgehead atoms. The number of hydrogen-bond donors (Lipinski definition) is 0. The number of ketones is 1. The summed E-state index contributed by atoms with van der Waals surface area (Å²) in [6.45, 7) is 2.93. The summed E-state index contributed by atoms with van der Waals surface area (Å²) in [6, 6.07) is 4.64. The summed E-state index contributed by atoms with van der Waals surface area (Å²) >= 11 is 0. The van der Waals surface area contributed by atoms with Crippen LogP contribution in [0.15, 0.2) is 49.6 Å². The van der Waals surface area contributed by atoms with E-state index in [1.165, 1.54) is 12.1 Å². The fourth-order valence-electron chi connectivity index (χ4n) is 1.48. The van der Waals surface area contributed by atoms with Crippen molar-refractivity contribution in [3.8, 4) is 5.75 Å². The smallest absolute Gasteiger partial charge is 0.419 e. The van der Waals surface area contributed by atoms with Crippen molar-refractivity contribution < 1.29 is 22.7 Å². The lowest BCUT2D eigenvalue weighted by Crippen LogP contribution is -2.21. The molecule has 0 radical (unpaired) electrons. The molecule has 21 heavy (non-hydrogen) atoms. The highest BCUT2D eigenvalue weighted by atomic mass is 19.3. The number of hydrogen-bond acceptors (Lipinski definition) is 4. The zero-order valence-electron chi connectivity index (χ0n) is 10.6. The average molecular weight is 297 g/mol. The van der Waals surface area contributed by atoms with E-state index in [0.29, 0.717) is 6.08 Å². The first-order chi connectivity index (χ1) is 9.93. The molecule has 0 saturated heterocycles. The summed E-state index contributed by atoms with van der Waals surface area (Å²) in [5.41, 5.74) is -0.00716. The van der Waals surface area contributed by atoms with Gasteiger partial charge in [0, 0.05) is 11.6 Å². The Morgan fingerprint density at radius 3 is 2.57 bits per heavy atom. The fraction of sp³-hybridized carbons (Fsp3) is 0.154. The van der Waals surface area contributed by atoms with E-state index in [0.717, 1.165) is 29.5 Å². The lowest BCUT2D eigenvalue weighted by Gasteiger charge is -2.14. The minimum Gasteiger partial charge on any atom is -0.429 e. The monoisotopic (exact) mass is 297 g/mol. The van der Waals surface area contributed by atoms with Gasteiger partial charge in [-0.3, -0.25) is 4.79 Å². The average Bonchev–Trinajstić information content (AvgIpc) is 3.00. The first-order valence-electron chi connectivity index (χ1n) is 5.76. The molecule has 1 atom stereocenters. The number of aromatic nitrogens is 3. The Balaban J connectivity index is 2.12. The number of carbonyl (C=O) groups is 1. The van der Waals surface area contributed by atoms with Gasteiger partial charge < -0.3 is 4.74 Å². The predicted molar refractivity (Wildman–Crippen MR) is 66.7 cm³/mol. The Kier molecular flexibility index (Phi) is 4.06. The predicted octanol–water partition coefficient (Wildman–Crippen LogP) is 2.79. The van der Waals surface area contributed by atoms with Crippen molar-refractivity contribution in [2.45, 2.75) is 12.4 Å². The zero-order chi connectivity index (χ0) is 15.5. The van der Waals surface area contributed by atoms with Gasteiger partial charge in [0.2, 0.25) is 5.78 Å². The van der Waals surface area contributed by atoms with Crippen molar-refractivity contribution in [2.24, 2.45) is 0 Å². The summed E-state index contributed by atoms with van der Waals surface area (Å²) in [7, 11) is 0. The van der Waals surface area contributed by atoms with E-state index in [1.54, 1.807) is 0 Å². The minimum atomic E-state index is -3.52. The molecule has 2 aromatic rings. The van der Waals surface area contributed by atoms with Crippen LogP contribution in [0.25, 0.3) is 0 Å². The quantitative estimate of drug-likeness (QED) is 0.607. The molecule has 0 aliphatic carbocycles. The highest BCUT2D eigenvalue weighted by Crippen LogP contribution is 2.24. The fourth-order valence-corrected chi connectivity index (χ4v) is 1.48. The topological polar surface area (TPSA) is 57.0 Å². The Hall–Kier alpha value is -2.64. The molecular formula is C13H10F3N3O2. The minimum absolute atomic E-state index is 0.00716. The second kappa shape index (κ2) is 5.78. The van der Waals surface area contributed by atoms with E-state index >= 15 is 0 Å². The third-order valence-corrected chi connectivity index (χ3v) is 2.52. The summed E-state index contributed by atoms with van der Waals surface area (Å²) in [6.07, 6.45) is -3.06. The molecule has 0 spiro atoms. The maximum absolute atomic E-state index is 13.8. The second-order valence-electron chi connectivity index (χ2n) is 3.97. The van der Waals surface area contributed by atoms with Crippen molar-refractivity contribution in [3.63, 3.8) is 0 Å². The van der Waals surface area contributed by atoms with Crippen LogP contribution in [-0.4, -0.2) is 26.7 Å². The van der Waals surface area contributed by atoms with Gasteiger partial charge in [0.25, 0.3) is 6.30 Å². The van der Waals surface area contributed by atoms with Gasteiger partial charge in [-0.25, -0.2) is 14.1 Å². The number of Topliss-reactive ketones (excluding diaryl/α,β-unsaturated/α-hetero) is 1. The maximum Gasteiger partial charge on any atom is 0.419 e. The van der Waals surface area contributed by atoms with Gasteiger partial charge in [0.1, 0.15) is 18.4 Å². The van der Waals surface area contributed by atoms with Crippen LogP contribution in [0.1, 0.15) is 16.7 Å². The Morgan fingerprint density at radius 2 is 2.05 bits per heavy atom.